The molecule has 1 N–H and O–H groups in total. The lowest BCUT2D eigenvalue weighted by atomic mass is 9.99. The summed E-state index contributed by atoms with van der Waals surface area (Å²) in [6.07, 6.45) is 3.08. The Hall–Kier alpha value is -3.08. The number of hydrogen-bond acceptors (Lipinski definition) is 8. The maximum atomic E-state index is 12.7. The molecule has 2 fully saturated rings. The summed E-state index contributed by atoms with van der Waals surface area (Å²) in [5.74, 6) is -1.09. The molecule has 11 heteroatoms. The predicted molar refractivity (Wildman–Crippen MR) is 114 cm³/mol. The molecule has 1 aromatic carbocycles. The largest absolute Gasteiger partial charge is 0.500 e. The molecular formula is C20H23N3O7S. The van der Waals surface area contributed by atoms with Crippen LogP contribution >= 0.6 is 11.8 Å². The maximum absolute atomic E-state index is 12.7. The Labute approximate surface area is 183 Å². The first-order valence-corrected chi connectivity index (χ1v) is 10.7. The molecule has 0 unspecified atom stereocenters. The highest BCUT2D eigenvalue weighted by Gasteiger charge is 2.37. The summed E-state index contributed by atoms with van der Waals surface area (Å²) in [6, 6.07) is 2.44. The second kappa shape index (κ2) is 9.38. The Morgan fingerprint density at radius 2 is 2.03 bits per heavy atom. The van der Waals surface area contributed by atoms with Crippen molar-refractivity contribution in [1.29, 1.82) is 0 Å². The monoisotopic (exact) mass is 449 g/mol. The number of phenolic OH excluding ortho intramolecular Hbond substituents is 1. The molecule has 0 aliphatic carbocycles. The van der Waals surface area contributed by atoms with Crippen LogP contribution in [0.15, 0.2) is 17.0 Å². The van der Waals surface area contributed by atoms with Crippen molar-refractivity contribution in [2.75, 3.05) is 26.2 Å². The second-order valence-corrected chi connectivity index (χ2v) is 8.40. The molecule has 0 aromatic heterocycles. The van der Waals surface area contributed by atoms with E-state index in [4.69, 9.17) is 4.74 Å². The molecule has 10 nitrogen and oxygen atoms in total. The molecule has 0 radical (unpaired) electrons. The molecule has 0 spiro atoms. The van der Waals surface area contributed by atoms with E-state index in [1.54, 1.807) is 11.8 Å². The van der Waals surface area contributed by atoms with Gasteiger partial charge in [0.1, 0.15) is 6.54 Å². The number of thioether (sulfide) groups is 1. The Morgan fingerprint density at radius 1 is 1.35 bits per heavy atom. The number of nitro groups is 1. The highest BCUT2D eigenvalue weighted by molar-refractivity contribution is 8.18. The fraction of sp³-hybridized carbons (Fsp3) is 0.450. The third kappa shape index (κ3) is 4.98. The van der Waals surface area contributed by atoms with Crippen molar-refractivity contribution in [1.82, 2.24) is 9.80 Å². The second-order valence-electron chi connectivity index (χ2n) is 7.41. The zero-order valence-corrected chi connectivity index (χ0v) is 18.0. The Morgan fingerprint density at radius 3 is 2.65 bits per heavy atom. The summed E-state index contributed by atoms with van der Waals surface area (Å²) in [5.41, 5.74) is -0.360. The highest BCUT2D eigenvalue weighted by atomic mass is 32.2. The van der Waals surface area contributed by atoms with Crippen LogP contribution in [0.25, 0.3) is 6.08 Å². The Kier molecular flexibility index (Phi) is 6.84. The standard InChI is InChI=1S/C20H23N3O7S/c1-3-30-15-9-13(8-14(18(15)25)23(28)29)10-16-19(26)22(20(27)31-16)11-17(24)21-6-4-12(2)5-7-21/h8-10,12,25H,3-7,11H2,1-2H3/b16-10-. The number of nitro benzene ring substituents is 1. The van der Waals surface area contributed by atoms with Gasteiger partial charge in [0.2, 0.25) is 11.7 Å². The minimum Gasteiger partial charge on any atom is -0.500 e. The molecular weight excluding hydrogens is 426 g/mol. The van der Waals surface area contributed by atoms with Crippen molar-refractivity contribution < 1.29 is 29.2 Å². The van der Waals surface area contributed by atoms with E-state index in [2.05, 4.69) is 6.92 Å². The van der Waals surface area contributed by atoms with E-state index in [0.717, 1.165) is 23.8 Å². The van der Waals surface area contributed by atoms with Gasteiger partial charge in [0.05, 0.1) is 16.4 Å². The number of aromatic hydroxyl groups is 1. The summed E-state index contributed by atoms with van der Waals surface area (Å²) >= 11 is 0.658. The Bertz CT molecular complexity index is 954. The Balaban J connectivity index is 1.80. The van der Waals surface area contributed by atoms with Crippen LogP contribution in [-0.2, 0) is 9.59 Å². The molecule has 0 bridgehead atoms. The molecule has 3 rings (SSSR count). The van der Waals surface area contributed by atoms with Gasteiger partial charge in [0.15, 0.2) is 5.75 Å². The first-order chi connectivity index (χ1) is 14.7. The number of carbonyl (C=O) groups excluding carboxylic acids is 3. The summed E-state index contributed by atoms with van der Waals surface area (Å²) in [4.78, 5) is 50.6. The first-order valence-electron chi connectivity index (χ1n) is 9.88. The third-order valence-electron chi connectivity index (χ3n) is 5.17. The van der Waals surface area contributed by atoms with Gasteiger partial charge in [-0.2, -0.15) is 0 Å². The number of imide groups is 1. The molecule has 2 aliphatic heterocycles. The van der Waals surface area contributed by atoms with Gasteiger partial charge in [-0.1, -0.05) is 6.92 Å². The van der Waals surface area contributed by atoms with E-state index in [1.807, 2.05) is 0 Å². The van der Waals surface area contributed by atoms with Crippen molar-refractivity contribution in [3.05, 3.63) is 32.7 Å². The number of ether oxygens (including phenoxy) is 1. The number of carbonyl (C=O) groups is 3. The minimum atomic E-state index is -0.765. The number of likely N-dealkylation sites (tertiary alicyclic amines) is 1. The quantitative estimate of drug-likeness (QED) is 0.398. The van der Waals surface area contributed by atoms with Crippen LogP contribution in [0.3, 0.4) is 0 Å². The minimum absolute atomic E-state index is 0.0347. The van der Waals surface area contributed by atoms with Gasteiger partial charge in [0, 0.05) is 19.2 Å². The van der Waals surface area contributed by atoms with Crippen LogP contribution in [0, 0.1) is 16.0 Å². The first kappa shape index (κ1) is 22.6. The molecule has 31 heavy (non-hydrogen) atoms. The smallest absolute Gasteiger partial charge is 0.315 e. The fourth-order valence-corrected chi connectivity index (χ4v) is 4.22. The SMILES string of the molecule is CCOc1cc(/C=C2\SC(=O)N(CC(=O)N3CCC(C)CC3)C2=O)cc([N+](=O)[O-])c1O. The topological polar surface area (TPSA) is 130 Å². The normalized spacial score (nSPS) is 18.7. The fourth-order valence-electron chi connectivity index (χ4n) is 3.38. The molecule has 0 atom stereocenters. The molecule has 2 saturated heterocycles. The predicted octanol–water partition coefficient (Wildman–Crippen LogP) is 2.99. The van der Waals surface area contributed by atoms with E-state index in [-0.39, 0.29) is 35.3 Å². The number of rotatable bonds is 6. The van der Waals surface area contributed by atoms with Crippen LogP contribution < -0.4 is 4.74 Å². The van der Waals surface area contributed by atoms with Crippen molar-refractivity contribution in [3.8, 4) is 11.5 Å². The van der Waals surface area contributed by atoms with E-state index in [9.17, 15) is 29.6 Å². The highest BCUT2D eigenvalue weighted by Crippen LogP contribution is 2.39. The lowest BCUT2D eigenvalue weighted by molar-refractivity contribution is -0.386. The van der Waals surface area contributed by atoms with Crippen LogP contribution in [0.5, 0.6) is 11.5 Å². The molecule has 1 aromatic rings. The van der Waals surface area contributed by atoms with Gasteiger partial charge in [0.25, 0.3) is 11.1 Å². The zero-order valence-electron chi connectivity index (χ0n) is 17.2. The van der Waals surface area contributed by atoms with E-state index >= 15 is 0 Å². The number of amides is 3. The van der Waals surface area contributed by atoms with E-state index in [0.29, 0.717) is 30.8 Å². The van der Waals surface area contributed by atoms with E-state index < -0.39 is 27.5 Å². The number of phenols is 1. The van der Waals surface area contributed by atoms with Crippen LogP contribution in [0.2, 0.25) is 0 Å². The van der Waals surface area contributed by atoms with Crippen LogP contribution in [0.1, 0.15) is 32.3 Å². The average Bonchev–Trinajstić information content (AvgIpc) is 2.98. The molecule has 0 saturated carbocycles. The van der Waals surface area contributed by atoms with Crippen molar-refractivity contribution in [3.63, 3.8) is 0 Å². The van der Waals surface area contributed by atoms with Gasteiger partial charge >= 0.3 is 5.69 Å². The van der Waals surface area contributed by atoms with Gasteiger partial charge in [-0.15, -0.1) is 0 Å². The average molecular weight is 449 g/mol. The van der Waals surface area contributed by atoms with Crippen molar-refractivity contribution in [2.45, 2.75) is 26.7 Å². The van der Waals surface area contributed by atoms with Crippen molar-refractivity contribution >= 4 is 40.6 Å². The van der Waals surface area contributed by atoms with Gasteiger partial charge in [-0.05, 0) is 55.2 Å². The lowest BCUT2D eigenvalue weighted by Gasteiger charge is -2.31. The van der Waals surface area contributed by atoms with E-state index in [1.165, 1.54) is 12.1 Å². The lowest BCUT2D eigenvalue weighted by Crippen LogP contribution is -2.45. The summed E-state index contributed by atoms with van der Waals surface area (Å²) < 4.78 is 5.23. The molecule has 2 heterocycles. The third-order valence-corrected chi connectivity index (χ3v) is 6.08. The number of nitrogens with zero attached hydrogens (tertiary/aromatic N) is 3. The van der Waals surface area contributed by atoms with Crippen LogP contribution in [0.4, 0.5) is 10.5 Å². The number of benzene rings is 1. The summed E-state index contributed by atoms with van der Waals surface area (Å²) in [6.45, 7) is 4.81. The number of hydrogen-bond donors (Lipinski definition) is 1. The van der Waals surface area contributed by atoms with Crippen molar-refractivity contribution in [2.24, 2.45) is 5.92 Å². The van der Waals surface area contributed by atoms with Crippen LogP contribution in [-0.4, -0.2) is 63.1 Å². The molecule has 3 amide bonds. The van der Waals surface area contributed by atoms with Gasteiger partial charge in [-0.25, -0.2) is 0 Å². The van der Waals surface area contributed by atoms with Gasteiger partial charge in [-0.3, -0.25) is 29.4 Å². The number of piperidine rings is 1. The maximum Gasteiger partial charge on any atom is 0.315 e. The summed E-state index contributed by atoms with van der Waals surface area (Å²) in [7, 11) is 0. The molecule has 166 valence electrons. The zero-order chi connectivity index (χ0) is 22.7. The molecule has 2 aliphatic rings. The summed E-state index contributed by atoms with van der Waals surface area (Å²) in [5, 5.41) is 20.6. The van der Waals surface area contributed by atoms with Gasteiger partial charge < -0.3 is 14.7 Å².